The second kappa shape index (κ2) is 8.90. The third-order valence-electron chi connectivity index (χ3n) is 4.48. The molecule has 0 aliphatic carbocycles. The highest BCUT2D eigenvalue weighted by Gasteiger charge is 2.31. The van der Waals surface area contributed by atoms with E-state index in [-0.39, 0.29) is 33.7 Å². The van der Waals surface area contributed by atoms with E-state index in [1.165, 1.54) is 12.1 Å². The maximum atomic E-state index is 13.0. The molecule has 0 saturated heterocycles. The molecule has 0 atom stereocenters. The van der Waals surface area contributed by atoms with Crippen LogP contribution < -0.4 is 4.90 Å². The summed E-state index contributed by atoms with van der Waals surface area (Å²) in [4.78, 5) is 16.5. The van der Waals surface area contributed by atoms with Gasteiger partial charge in [0.25, 0.3) is 11.5 Å². The number of rotatable bonds is 6. The van der Waals surface area contributed by atoms with Crippen molar-refractivity contribution in [3.63, 3.8) is 0 Å². The minimum absolute atomic E-state index is 0.00910. The lowest BCUT2D eigenvalue weighted by Gasteiger charge is -2.09. The zero-order valence-corrected chi connectivity index (χ0v) is 17.2. The highest BCUT2D eigenvalue weighted by Crippen LogP contribution is 2.30. The topological polar surface area (TPSA) is 110 Å². The molecule has 9 nitrogen and oxygen atoms in total. The summed E-state index contributed by atoms with van der Waals surface area (Å²) < 4.78 is 49.8. The Bertz CT molecular complexity index is 1290. The van der Waals surface area contributed by atoms with Crippen LogP contribution in [0.3, 0.4) is 0 Å². The number of hydrogen-bond donors (Lipinski definition) is 0. The Balaban J connectivity index is 1.57. The van der Waals surface area contributed by atoms with E-state index >= 15 is 0 Å². The van der Waals surface area contributed by atoms with E-state index in [1.54, 1.807) is 30.3 Å². The van der Waals surface area contributed by atoms with E-state index in [9.17, 15) is 23.2 Å². The number of aromatic nitrogens is 5. The molecule has 2 aromatic heterocycles. The van der Waals surface area contributed by atoms with Crippen molar-refractivity contribution in [2.45, 2.75) is 18.7 Å². The molecule has 0 fully saturated rings. The number of hydrogen-bond acceptors (Lipinski definition) is 7. The zero-order chi connectivity index (χ0) is 23.6. The van der Waals surface area contributed by atoms with Crippen LogP contribution in [-0.2, 0) is 23.4 Å². The van der Waals surface area contributed by atoms with Crippen LogP contribution in [0, 0.1) is 5.21 Å². The van der Waals surface area contributed by atoms with E-state index in [2.05, 4.69) is 19.9 Å². The van der Waals surface area contributed by atoms with E-state index in [4.69, 9.17) is 16.3 Å². The van der Waals surface area contributed by atoms with Crippen LogP contribution in [0.1, 0.15) is 27.7 Å². The molecule has 4 rings (SSSR count). The molecule has 33 heavy (non-hydrogen) atoms. The maximum Gasteiger partial charge on any atom is 0.416 e. The van der Waals surface area contributed by atoms with Crippen LogP contribution in [0.25, 0.3) is 16.9 Å². The molecule has 2 aromatic carbocycles. The van der Waals surface area contributed by atoms with Crippen LogP contribution in [0.4, 0.5) is 13.2 Å². The summed E-state index contributed by atoms with van der Waals surface area (Å²) >= 11 is 5.83. The largest absolute Gasteiger partial charge is 0.451 e. The molecule has 0 spiro atoms. The first-order valence-corrected chi connectivity index (χ1v) is 9.82. The maximum absolute atomic E-state index is 13.0. The fraction of sp³-hybridized carbons (Fsp3) is 0.150. The summed E-state index contributed by atoms with van der Waals surface area (Å²) in [6, 6.07) is 12.9. The standard InChI is InChI=1S/C20H13ClF3N5O4/c21-10-16-25-18(26-28(16)14-8-4-7-13(9-14)20(22,23)24)19(30)32-11-15-17(27-33-29(15)31)12-5-2-1-3-6-12/h1-9H,10-11H2. The SMILES string of the molecule is O=C(OCc1c(-c2ccccc2)no[n+]1[O-])c1nc(CCl)n(-c2cccc(C(F)(F)F)c2)n1. The zero-order valence-electron chi connectivity index (χ0n) is 16.5. The van der Waals surface area contributed by atoms with Gasteiger partial charge < -0.3 is 9.94 Å². The highest BCUT2D eigenvalue weighted by molar-refractivity contribution is 6.16. The molecular weight excluding hydrogens is 467 g/mol. The lowest BCUT2D eigenvalue weighted by molar-refractivity contribution is -0.808. The molecule has 0 aliphatic heterocycles. The van der Waals surface area contributed by atoms with Gasteiger partial charge in [-0.3, -0.25) is 4.63 Å². The normalized spacial score (nSPS) is 11.5. The van der Waals surface area contributed by atoms with E-state index in [0.717, 1.165) is 16.8 Å². The van der Waals surface area contributed by atoms with Crippen LogP contribution in [0.15, 0.2) is 59.2 Å². The summed E-state index contributed by atoms with van der Waals surface area (Å²) in [6.07, 6.45) is -4.57. The van der Waals surface area contributed by atoms with Gasteiger partial charge in [-0.15, -0.1) is 16.7 Å². The number of ether oxygens (including phenoxy) is 1. The van der Waals surface area contributed by atoms with Crippen LogP contribution in [0.5, 0.6) is 0 Å². The molecule has 0 aliphatic rings. The summed E-state index contributed by atoms with van der Waals surface area (Å²) in [5, 5.41) is 19.5. The van der Waals surface area contributed by atoms with Crippen molar-refractivity contribution in [2.24, 2.45) is 0 Å². The van der Waals surface area contributed by atoms with Crippen molar-refractivity contribution in [1.29, 1.82) is 0 Å². The molecule has 0 saturated carbocycles. The van der Waals surface area contributed by atoms with Gasteiger partial charge in [-0.25, -0.2) is 14.5 Å². The van der Waals surface area contributed by atoms with Crippen molar-refractivity contribution in [3.05, 3.63) is 82.7 Å². The van der Waals surface area contributed by atoms with Gasteiger partial charge in [0.2, 0.25) is 5.69 Å². The third kappa shape index (κ3) is 4.65. The molecular formula is C20H13ClF3N5O4. The molecule has 0 N–H and O–H groups in total. The minimum Gasteiger partial charge on any atom is -0.451 e. The Morgan fingerprint density at radius 2 is 1.94 bits per heavy atom. The average Bonchev–Trinajstić information content (AvgIpc) is 3.41. The summed E-state index contributed by atoms with van der Waals surface area (Å²) in [5.74, 6) is -1.68. The minimum atomic E-state index is -4.57. The monoisotopic (exact) mass is 479 g/mol. The van der Waals surface area contributed by atoms with E-state index < -0.39 is 30.1 Å². The quantitative estimate of drug-likeness (QED) is 0.236. The number of carbonyl (C=O) groups is 1. The first-order valence-electron chi connectivity index (χ1n) is 9.28. The molecule has 0 radical (unpaired) electrons. The number of esters is 1. The molecule has 13 heteroatoms. The van der Waals surface area contributed by atoms with Crippen molar-refractivity contribution >= 4 is 17.6 Å². The van der Waals surface area contributed by atoms with E-state index in [0.29, 0.717) is 5.56 Å². The molecule has 170 valence electrons. The van der Waals surface area contributed by atoms with Crippen molar-refractivity contribution in [1.82, 2.24) is 19.9 Å². The lowest BCUT2D eigenvalue weighted by atomic mass is 10.1. The first-order chi connectivity index (χ1) is 15.8. The predicted octanol–water partition coefficient (Wildman–Crippen LogP) is 3.67. The van der Waals surface area contributed by atoms with Gasteiger partial charge in [0.05, 0.1) is 17.1 Å². The Kier molecular flexibility index (Phi) is 6.01. The van der Waals surface area contributed by atoms with Crippen molar-refractivity contribution in [2.75, 3.05) is 0 Å². The summed E-state index contributed by atoms with van der Waals surface area (Å²) in [7, 11) is 0. The van der Waals surface area contributed by atoms with Crippen LogP contribution in [-0.4, -0.2) is 25.9 Å². The average molecular weight is 480 g/mol. The number of alkyl halides is 4. The number of nitrogens with zero attached hydrogens (tertiary/aromatic N) is 5. The van der Waals surface area contributed by atoms with Gasteiger partial charge >= 0.3 is 12.1 Å². The Morgan fingerprint density at radius 3 is 2.64 bits per heavy atom. The molecule has 0 amide bonds. The first kappa shape index (κ1) is 22.3. The fourth-order valence-electron chi connectivity index (χ4n) is 2.94. The van der Waals surface area contributed by atoms with Crippen LogP contribution in [0.2, 0.25) is 0 Å². The van der Waals surface area contributed by atoms with Gasteiger partial charge in [-0.2, -0.15) is 13.2 Å². The summed E-state index contributed by atoms with van der Waals surface area (Å²) in [6.45, 7) is -0.510. The third-order valence-corrected chi connectivity index (χ3v) is 4.72. The molecule has 2 heterocycles. The number of carbonyl (C=O) groups excluding carboxylic acids is 1. The van der Waals surface area contributed by atoms with Crippen LogP contribution >= 0.6 is 11.6 Å². The molecule has 4 aromatic rings. The smallest absolute Gasteiger partial charge is 0.416 e. The molecule has 0 bridgehead atoms. The van der Waals surface area contributed by atoms with Gasteiger partial charge in [-0.05, 0) is 23.1 Å². The lowest BCUT2D eigenvalue weighted by Crippen LogP contribution is -2.29. The Labute approximate surface area is 188 Å². The Hall–Kier alpha value is -3.93. The number of halogens is 4. The van der Waals surface area contributed by atoms with Crippen molar-refractivity contribution in [3.8, 4) is 16.9 Å². The Morgan fingerprint density at radius 1 is 1.18 bits per heavy atom. The molecule has 0 unspecified atom stereocenters. The fourth-order valence-corrected chi connectivity index (χ4v) is 3.11. The summed E-state index contributed by atoms with van der Waals surface area (Å²) in [5.41, 5.74) is -0.208. The van der Waals surface area contributed by atoms with Crippen molar-refractivity contribution < 1.29 is 32.2 Å². The number of benzene rings is 2. The van der Waals surface area contributed by atoms with E-state index in [1.807, 2.05) is 0 Å². The van der Waals surface area contributed by atoms with Gasteiger partial charge in [0.1, 0.15) is 5.82 Å². The second-order valence-corrected chi connectivity index (χ2v) is 6.88. The highest BCUT2D eigenvalue weighted by atomic mass is 35.5. The van der Waals surface area contributed by atoms with Gasteiger partial charge in [0, 0.05) is 10.7 Å². The predicted molar refractivity (Wildman–Crippen MR) is 106 cm³/mol. The second-order valence-electron chi connectivity index (χ2n) is 6.61. The van der Waals surface area contributed by atoms with Gasteiger partial charge in [-0.1, -0.05) is 36.4 Å². The van der Waals surface area contributed by atoms with Gasteiger partial charge in [0.15, 0.2) is 6.61 Å².